The summed E-state index contributed by atoms with van der Waals surface area (Å²) in [5.74, 6) is -0.328. The summed E-state index contributed by atoms with van der Waals surface area (Å²) in [5.41, 5.74) is -0.468. The minimum atomic E-state index is -4.43. The van der Waals surface area contributed by atoms with Gasteiger partial charge >= 0.3 is 6.18 Å². The Bertz CT molecular complexity index is 619. The number of halogens is 3. The zero-order valence-electron chi connectivity index (χ0n) is 13.9. The number of nitrogens with one attached hydrogen (secondary N) is 1. The third-order valence-corrected chi connectivity index (χ3v) is 4.07. The zero-order chi connectivity index (χ0) is 18.4. The van der Waals surface area contributed by atoms with Crippen molar-refractivity contribution in [2.45, 2.75) is 19.0 Å². The number of methoxy groups -OCH3 is 1. The number of nitrogens with zero attached hydrogens (tertiary/aromatic N) is 1. The van der Waals surface area contributed by atoms with Gasteiger partial charge in [-0.1, -0.05) is 18.2 Å². The fraction of sp³-hybridized carbons (Fsp3) is 0.529. The number of amides is 2. The topological polar surface area (TPSA) is 58.6 Å². The molecule has 0 aromatic heterocycles. The summed E-state index contributed by atoms with van der Waals surface area (Å²) in [5, 5.41) is 2.70. The molecule has 0 bridgehead atoms. The SMILES string of the molecule is COCCN1C[C@@H](CNC(=O)Cc2cccc(C(F)(F)F)c2)CC1=O. The summed E-state index contributed by atoms with van der Waals surface area (Å²) in [6, 6.07) is 4.72. The van der Waals surface area contributed by atoms with E-state index in [1.807, 2.05) is 0 Å². The van der Waals surface area contributed by atoms with Crippen LogP contribution in [0, 0.1) is 5.92 Å². The molecule has 0 saturated carbocycles. The van der Waals surface area contributed by atoms with Crippen LogP contribution in [0.3, 0.4) is 0 Å². The van der Waals surface area contributed by atoms with Crippen LogP contribution in [0.5, 0.6) is 0 Å². The van der Waals surface area contributed by atoms with Gasteiger partial charge in [0, 0.05) is 39.1 Å². The monoisotopic (exact) mass is 358 g/mol. The standard InChI is InChI=1S/C17H21F3N2O3/c1-25-6-5-22-11-13(9-16(22)24)10-21-15(23)8-12-3-2-4-14(7-12)17(18,19)20/h2-4,7,13H,5-6,8-11H2,1H3,(H,21,23)/t13-/m1/s1. The fourth-order valence-electron chi connectivity index (χ4n) is 2.77. The highest BCUT2D eigenvalue weighted by molar-refractivity contribution is 5.80. The lowest BCUT2D eigenvalue weighted by molar-refractivity contribution is -0.137. The molecule has 0 unspecified atom stereocenters. The molecular formula is C17H21F3N2O3. The van der Waals surface area contributed by atoms with E-state index in [9.17, 15) is 22.8 Å². The quantitative estimate of drug-likeness (QED) is 0.809. The first-order valence-corrected chi connectivity index (χ1v) is 7.99. The first-order chi connectivity index (χ1) is 11.8. The van der Waals surface area contributed by atoms with E-state index in [1.165, 1.54) is 12.1 Å². The van der Waals surface area contributed by atoms with Crippen LogP contribution in [0.4, 0.5) is 13.2 Å². The Labute approximate surface area is 144 Å². The van der Waals surface area contributed by atoms with E-state index >= 15 is 0 Å². The molecule has 2 amide bonds. The van der Waals surface area contributed by atoms with Gasteiger partial charge in [0.25, 0.3) is 0 Å². The molecular weight excluding hydrogens is 337 g/mol. The molecule has 1 aliphatic heterocycles. The molecule has 1 aromatic rings. The number of likely N-dealkylation sites (tertiary alicyclic amines) is 1. The van der Waals surface area contributed by atoms with E-state index in [4.69, 9.17) is 4.74 Å². The zero-order valence-corrected chi connectivity index (χ0v) is 13.9. The highest BCUT2D eigenvalue weighted by atomic mass is 19.4. The van der Waals surface area contributed by atoms with E-state index in [1.54, 1.807) is 12.0 Å². The molecule has 2 rings (SSSR count). The van der Waals surface area contributed by atoms with Crippen molar-refractivity contribution in [1.82, 2.24) is 10.2 Å². The van der Waals surface area contributed by atoms with Crippen molar-refractivity contribution in [3.63, 3.8) is 0 Å². The van der Waals surface area contributed by atoms with E-state index in [0.717, 1.165) is 12.1 Å². The molecule has 8 heteroatoms. The van der Waals surface area contributed by atoms with E-state index < -0.39 is 11.7 Å². The molecule has 5 nitrogen and oxygen atoms in total. The Morgan fingerprint density at radius 3 is 2.84 bits per heavy atom. The van der Waals surface area contributed by atoms with Crippen LogP contribution < -0.4 is 5.32 Å². The van der Waals surface area contributed by atoms with Gasteiger partial charge in [-0.2, -0.15) is 13.2 Å². The van der Waals surface area contributed by atoms with Crippen LogP contribution in [0.15, 0.2) is 24.3 Å². The Hall–Kier alpha value is -2.09. The van der Waals surface area contributed by atoms with Crippen LogP contribution in [0.2, 0.25) is 0 Å². The summed E-state index contributed by atoms with van der Waals surface area (Å²) < 4.78 is 43.0. The van der Waals surface area contributed by atoms with Gasteiger partial charge in [0.2, 0.25) is 11.8 Å². The normalized spacial score (nSPS) is 17.8. The average Bonchev–Trinajstić information content (AvgIpc) is 2.90. The van der Waals surface area contributed by atoms with Crippen LogP contribution in [0.25, 0.3) is 0 Å². The number of carbonyl (C=O) groups excluding carboxylic acids is 2. The lowest BCUT2D eigenvalue weighted by Crippen LogP contribution is -2.33. The number of hydrogen-bond acceptors (Lipinski definition) is 3. The van der Waals surface area contributed by atoms with Crippen molar-refractivity contribution in [3.8, 4) is 0 Å². The highest BCUT2D eigenvalue weighted by Crippen LogP contribution is 2.29. The van der Waals surface area contributed by atoms with Crippen LogP contribution >= 0.6 is 0 Å². The second-order valence-corrected chi connectivity index (χ2v) is 6.08. The molecule has 0 spiro atoms. The lowest BCUT2D eigenvalue weighted by atomic mass is 10.1. The number of carbonyl (C=O) groups is 2. The van der Waals surface area contributed by atoms with Crippen molar-refractivity contribution in [2.75, 3.05) is 33.4 Å². The van der Waals surface area contributed by atoms with Crippen LogP contribution in [0.1, 0.15) is 17.5 Å². The molecule has 25 heavy (non-hydrogen) atoms. The number of rotatable bonds is 7. The average molecular weight is 358 g/mol. The predicted octanol–water partition coefficient (Wildman–Crippen LogP) is 1.86. The molecule has 0 radical (unpaired) electrons. The number of ether oxygens (including phenoxy) is 1. The number of alkyl halides is 3. The summed E-state index contributed by atoms with van der Waals surface area (Å²) in [6.45, 7) is 1.85. The van der Waals surface area contributed by atoms with Gasteiger partial charge in [0.05, 0.1) is 18.6 Å². The van der Waals surface area contributed by atoms with Crippen molar-refractivity contribution < 1.29 is 27.5 Å². The van der Waals surface area contributed by atoms with Crippen molar-refractivity contribution in [1.29, 1.82) is 0 Å². The number of benzene rings is 1. The van der Waals surface area contributed by atoms with E-state index in [-0.39, 0.29) is 24.2 Å². The van der Waals surface area contributed by atoms with Gasteiger partial charge in [-0.25, -0.2) is 0 Å². The maximum atomic E-state index is 12.7. The third kappa shape index (κ3) is 5.74. The largest absolute Gasteiger partial charge is 0.416 e. The van der Waals surface area contributed by atoms with Gasteiger partial charge < -0.3 is 15.0 Å². The molecule has 1 fully saturated rings. The molecule has 1 saturated heterocycles. The van der Waals surface area contributed by atoms with E-state index in [0.29, 0.717) is 38.2 Å². The van der Waals surface area contributed by atoms with Crippen LogP contribution in [-0.2, 0) is 26.9 Å². The van der Waals surface area contributed by atoms with Crippen LogP contribution in [-0.4, -0.2) is 50.1 Å². The Balaban J connectivity index is 1.81. The fourth-order valence-corrected chi connectivity index (χ4v) is 2.77. The maximum absolute atomic E-state index is 12.7. The molecule has 1 aromatic carbocycles. The molecule has 138 valence electrons. The van der Waals surface area contributed by atoms with Crippen molar-refractivity contribution in [2.24, 2.45) is 5.92 Å². The third-order valence-electron chi connectivity index (χ3n) is 4.07. The second kappa shape index (κ2) is 8.33. The van der Waals surface area contributed by atoms with Crippen molar-refractivity contribution >= 4 is 11.8 Å². The molecule has 0 aliphatic carbocycles. The van der Waals surface area contributed by atoms with Gasteiger partial charge in [0.1, 0.15) is 0 Å². The minimum absolute atomic E-state index is 0.00909. The molecule has 1 aliphatic rings. The lowest BCUT2D eigenvalue weighted by Gasteiger charge is -2.16. The summed E-state index contributed by atoms with van der Waals surface area (Å²) in [7, 11) is 1.56. The molecule has 1 heterocycles. The van der Waals surface area contributed by atoms with Gasteiger partial charge in [0.15, 0.2) is 0 Å². The summed E-state index contributed by atoms with van der Waals surface area (Å²) in [6.07, 6.45) is -4.20. The summed E-state index contributed by atoms with van der Waals surface area (Å²) in [4.78, 5) is 25.5. The predicted molar refractivity (Wildman–Crippen MR) is 84.7 cm³/mol. The second-order valence-electron chi connectivity index (χ2n) is 6.08. The Morgan fingerprint density at radius 1 is 1.40 bits per heavy atom. The first kappa shape index (κ1) is 19.2. The maximum Gasteiger partial charge on any atom is 0.416 e. The first-order valence-electron chi connectivity index (χ1n) is 7.99. The van der Waals surface area contributed by atoms with Gasteiger partial charge in [-0.3, -0.25) is 9.59 Å². The van der Waals surface area contributed by atoms with Crippen molar-refractivity contribution in [3.05, 3.63) is 35.4 Å². The highest BCUT2D eigenvalue weighted by Gasteiger charge is 2.31. The Kier molecular flexibility index (Phi) is 6.41. The smallest absolute Gasteiger partial charge is 0.383 e. The van der Waals surface area contributed by atoms with E-state index in [2.05, 4.69) is 5.32 Å². The summed E-state index contributed by atoms with van der Waals surface area (Å²) >= 11 is 0. The molecule has 1 atom stereocenters. The minimum Gasteiger partial charge on any atom is -0.383 e. The Morgan fingerprint density at radius 2 is 2.16 bits per heavy atom. The number of hydrogen-bond donors (Lipinski definition) is 1. The molecule has 1 N–H and O–H groups in total. The van der Waals surface area contributed by atoms with Gasteiger partial charge in [-0.05, 0) is 11.6 Å². The van der Waals surface area contributed by atoms with Gasteiger partial charge in [-0.15, -0.1) is 0 Å².